The SMILES string of the molecule is CC(ON)C(=O)Nc1ccccc1.Cl. The minimum atomic E-state index is -0.639. The van der Waals surface area contributed by atoms with Crippen LogP contribution in [0.15, 0.2) is 30.3 Å². The van der Waals surface area contributed by atoms with Crippen LogP contribution in [0.2, 0.25) is 0 Å². The Bertz CT molecular complexity index is 279. The third kappa shape index (κ3) is 3.74. The van der Waals surface area contributed by atoms with Gasteiger partial charge in [-0.05, 0) is 19.1 Å². The lowest BCUT2D eigenvalue weighted by Crippen LogP contribution is -2.29. The van der Waals surface area contributed by atoms with Crippen molar-refractivity contribution >= 4 is 24.0 Å². The number of hydrogen-bond donors (Lipinski definition) is 2. The van der Waals surface area contributed by atoms with E-state index in [9.17, 15) is 4.79 Å². The number of halogens is 1. The highest BCUT2D eigenvalue weighted by molar-refractivity contribution is 5.93. The lowest BCUT2D eigenvalue weighted by atomic mass is 10.3. The fraction of sp³-hybridized carbons (Fsp3) is 0.222. The first-order valence-corrected chi connectivity index (χ1v) is 3.95. The van der Waals surface area contributed by atoms with Gasteiger partial charge in [-0.1, -0.05) is 18.2 Å². The van der Waals surface area contributed by atoms with Crippen molar-refractivity contribution in [2.45, 2.75) is 13.0 Å². The largest absolute Gasteiger partial charge is 0.324 e. The number of carbonyl (C=O) groups excluding carboxylic acids is 1. The molecular formula is C9H13ClN2O2. The average Bonchev–Trinajstić information content (AvgIpc) is 2.18. The van der Waals surface area contributed by atoms with E-state index < -0.39 is 6.10 Å². The predicted octanol–water partition coefficient (Wildman–Crippen LogP) is 1.33. The van der Waals surface area contributed by atoms with Crippen LogP contribution in [0.3, 0.4) is 0 Å². The number of nitrogens with one attached hydrogen (secondary N) is 1. The topological polar surface area (TPSA) is 64.3 Å². The summed E-state index contributed by atoms with van der Waals surface area (Å²) >= 11 is 0. The van der Waals surface area contributed by atoms with Gasteiger partial charge < -0.3 is 5.32 Å². The van der Waals surface area contributed by atoms with Crippen LogP contribution in [-0.2, 0) is 9.63 Å². The Balaban J connectivity index is 0.00000169. The highest BCUT2D eigenvalue weighted by Gasteiger charge is 2.11. The number of amides is 1. The third-order valence-electron chi connectivity index (χ3n) is 1.61. The number of carbonyl (C=O) groups is 1. The molecule has 0 saturated heterocycles. The Kier molecular flexibility index (Phi) is 5.87. The highest BCUT2D eigenvalue weighted by Crippen LogP contribution is 2.05. The number of anilines is 1. The molecule has 1 atom stereocenters. The Morgan fingerprint density at radius 1 is 1.43 bits per heavy atom. The van der Waals surface area contributed by atoms with Gasteiger partial charge in [0, 0.05) is 5.69 Å². The van der Waals surface area contributed by atoms with E-state index in [0.717, 1.165) is 5.69 Å². The molecule has 0 heterocycles. The van der Waals surface area contributed by atoms with Gasteiger partial charge in [0.05, 0.1) is 0 Å². The molecule has 0 fully saturated rings. The van der Waals surface area contributed by atoms with E-state index in [1.807, 2.05) is 18.2 Å². The first-order valence-electron chi connectivity index (χ1n) is 3.95. The van der Waals surface area contributed by atoms with E-state index in [0.29, 0.717) is 0 Å². The Morgan fingerprint density at radius 3 is 2.50 bits per heavy atom. The summed E-state index contributed by atoms with van der Waals surface area (Å²) in [5.74, 6) is 4.61. The zero-order chi connectivity index (χ0) is 9.68. The molecule has 5 heteroatoms. The number of nitrogens with two attached hydrogens (primary N) is 1. The summed E-state index contributed by atoms with van der Waals surface area (Å²) in [7, 11) is 0. The second kappa shape index (κ2) is 6.37. The summed E-state index contributed by atoms with van der Waals surface area (Å²) in [6, 6.07) is 9.13. The fourth-order valence-corrected chi connectivity index (χ4v) is 0.827. The predicted molar refractivity (Wildman–Crippen MR) is 57.1 cm³/mol. The summed E-state index contributed by atoms with van der Waals surface area (Å²) < 4.78 is 0. The Labute approximate surface area is 88.8 Å². The molecule has 0 radical (unpaired) electrons. The molecule has 1 amide bonds. The molecule has 1 rings (SSSR count). The van der Waals surface area contributed by atoms with Crippen LogP contribution < -0.4 is 11.2 Å². The Morgan fingerprint density at radius 2 is 2.00 bits per heavy atom. The van der Waals surface area contributed by atoms with Crippen molar-refractivity contribution < 1.29 is 9.63 Å². The van der Waals surface area contributed by atoms with Crippen LogP contribution in [0, 0.1) is 0 Å². The second-order valence-electron chi connectivity index (χ2n) is 2.63. The number of para-hydroxylation sites is 1. The first-order chi connectivity index (χ1) is 6.24. The minimum Gasteiger partial charge on any atom is -0.324 e. The van der Waals surface area contributed by atoms with Crippen molar-refractivity contribution in [2.75, 3.05) is 5.32 Å². The summed E-state index contributed by atoms with van der Waals surface area (Å²) in [6.07, 6.45) is -0.639. The van der Waals surface area contributed by atoms with Crippen LogP contribution >= 0.6 is 12.4 Å². The molecule has 0 bridgehead atoms. The van der Waals surface area contributed by atoms with Crippen LogP contribution in [0.4, 0.5) is 5.69 Å². The molecule has 0 aliphatic rings. The van der Waals surface area contributed by atoms with Crippen LogP contribution in [0.1, 0.15) is 6.92 Å². The minimum absolute atomic E-state index is 0. The molecule has 0 spiro atoms. The van der Waals surface area contributed by atoms with E-state index in [1.165, 1.54) is 0 Å². The molecular weight excluding hydrogens is 204 g/mol. The van der Waals surface area contributed by atoms with Gasteiger partial charge in [-0.3, -0.25) is 9.63 Å². The summed E-state index contributed by atoms with van der Waals surface area (Å²) in [5, 5.41) is 2.65. The van der Waals surface area contributed by atoms with Crippen molar-refractivity contribution in [3.63, 3.8) is 0 Å². The lowest BCUT2D eigenvalue weighted by Gasteiger charge is -2.08. The third-order valence-corrected chi connectivity index (χ3v) is 1.61. The molecule has 1 unspecified atom stereocenters. The first kappa shape index (κ1) is 12.9. The molecule has 14 heavy (non-hydrogen) atoms. The molecule has 1 aromatic carbocycles. The molecule has 0 saturated carbocycles. The average molecular weight is 217 g/mol. The number of rotatable bonds is 3. The second-order valence-corrected chi connectivity index (χ2v) is 2.63. The van der Waals surface area contributed by atoms with Crippen LogP contribution in [0.25, 0.3) is 0 Å². The van der Waals surface area contributed by atoms with Gasteiger partial charge in [0.1, 0.15) is 0 Å². The molecule has 0 aliphatic carbocycles. The zero-order valence-corrected chi connectivity index (χ0v) is 8.58. The van der Waals surface area contributed by atoms with Gasteiger partial charge in [-0.25, -0.2) is 5.90 Å². The van der Waals surface area contributed by atoms with Crippen molar-refractivity contribution in [1.29, 1.82) is 0 Å². The van der Waals surface area contributed by atoms with Gasteiger partial charge >= 0.3 is 0 Å². The number of hydrogen-bond acceptors (Lipinski definition) is 3. The summed E-state index contributed by atoms with van der Waals surface area (Å²) in [5.41, 5.74) is 0.733. The fourth-order valence-electron chi connectivity index (χ4n) is 0.827. The molecule has 3 N–H and O–H groups in total. The van der Waals surface area contributed by atoms with Gasteiger partial charge in [-0.2, -0.15) is 0 Å². The maximum atomic E-state index is 11.2. The van der Waals surface area contributed by atoms with E-state index in [-0.39, 0.29) is 18.3 Å². The van der Waals surface area contributed by atoms with Gasteiger partial charge in [0.15, 0.2) is 6.10 Å². The monoisotopic (exact) mass is 216 g/mol. The van der Waals surface area contributed by atoms with E-state index in [2.05, 4.69) is 10.2 Å². The van der Waals surface area contributed by atoms with E-state index in [1.54, 1.807) is 19.1 Å². The zero-order valence-electron chi connectivity index (χ0n) is 7.77. The highest BCUT2D eigenvalue weighted by atomic mass is 35.5. The van der Waals surface area contributed by atoms with Gasteiger partial charge in [-0.15, -0.1) is 12.4 Å². The van der Waals surface area contributed by atoms with Crippen molar-refractivity contribution in [1.82, 2.24) is 0 Å². The smallest absolute Gasteiger partial charge is 0.255 e. The van der Waals surface area contributed by atoms with E-state index >= 15 is 0 Å². The molecule has 4 nitrogen and oxygen atoms in total. The van der Waals surface area contributed by atoms with Crippen LogP contribution in [-0.4, -0.2) is 12.0 Å². The normalized spacial score (nSPS) is 11.3. The van der Waals surface area contributed by atoms with Crippen molar-refractivity contribution in [2.24, 2.45) is 5.90 Å². The van der Waals surface area contributed by atoms with Gasteiger partial charge in [0.25, 0.3) is 5.91 Å². The molecule has 0 aromatic heterocycles. The van der Waals surface area contributed by atoms with Crippen LogP contribution in [0.5, 0.6) is 0 Å². The standard InChI is InChI=1S/C9H12N2O2.ClH/c1-7(13-10)9(12)11-8-5-3-2-4-6-8;/h2-7H,10H2,1H3,(H,11,12);1H. The van der Waals surface area contributed by atoms with E-state index in [4.69, 9.17) is 5.90 Å². The summed E-state index contributed by atoms with van der Waals surface area (Å²) in [4.78, 5) is 15.6. The van der Waals surface area contributed by atoms with Gasteiger partial charge in [0.2, 0.25) is 0 Å². The lowest BCUT2D eigenvalue weighted by molar-refractivity contribution is -0.126. The number of benzene rings is 1. The molecule has 0 aliphatic heterocycles. The quantitative estimate of drug-likeness (QED) is 0.750. The maximum absolute atomic E-state index is 11.2. The summed E-state index contributed by atoms with van der Waals surface area (Å²) in [6.45, 7) is 1.58. The van der Waals surface area contributed by atoms with Crippen molar-refractivity contribution in [3.05, 3.63) is 30.3 Å². The van der Waals surface area contributed by atoms with Crippen molar-refractivity contribution in [3.8, 4) is 0 Å². The maximum Gasteiger partial charge on any atom is 0.255 e. The molecule has 78 valence electrons. The Hall–Kier alpha value is -1.10. The molecule has 1 aromatic rings.